The van der Waals surface area contributed by atoms with Crippen molar-refractivity contribution in [2.75, 3.05) is 0 Å². The molecule has 0 bridgehead atoms. The molecule has 0 heterocycles. The van der Waals surface area contributed by atoms with E-state index in [9.17, 15) is 0 Å². The number of rotatable bonds is 0. The number of hydrogen-bond acceptors (Lipinski definition) is 7. The topological polar surface area (TPSA) is 142 Å². The Morgan fingerprint density at radius 3 is 0.909 bits per heavy atom. The van der Waals surface area contributed by atoms with Crippen molar-refractivity contribution in [2.45, 2.75) is 0 Å². The van der Waals surface area contributed by atoms with Crippen LogP contribution in [-0.2, 0) is 0 Å². The standard InChI is InChI=1S/Al.BH3O3.Ba.H4O4Si.5H/c;2-1(3)4;;1-5(2,3)4;;;;;/h;2-4H;;1-4H;;;;;/q;;+2;;;;;2*-1. The van der Waals surface area contributed by atoms with Gasteiger partial charge in [-0.3, -0.25) is 0 Å². The minimum Gasteiger partial charge on any atom is -1.00 e. The van der Waals surface area contributed by atoms with E-state index in [-0.39, 0.29) is 69.1 Å². The maximum atomic E-state index is 7.33. The fourth-order valence-corrected chi connectivity index (χ4v) is 0. The molecule has 0 unspecified atom stereocenters. The number of hydrogen-bond donors (Lipinski definition) is 7. The molecule has 0 aromatic heterocycles. The van der Waals surface area contributed by atoms with Crippen LogP contribution in [0.3, 0.4) is 0 Å². The van der Waals surface area contributed by atoms with Crippen LogP contribution in [0.5, 0.6) is 0 Å². The van der Waals surface area contributed by atoms with Crippen LogP contribution in [0.25, 0.3) is 0 Å². The van der Waals surface area contributed by atoms with Crippen LogP contribution in [-0.4, -0.2) is 117 Å². The van der Waals surface area contributed by atoms with Gasteiger partial charge in [0, 0.05) is 0 Å². The van der Waals surface area contributed by atoms with Gasteiger partial charge in [-0.05, 0) is 0 Å². The first-order valence-corrected chi connectivity index (χ1v) is 3.46. The predicted molar refractivity (Wildman–Crippen MR) is 45.0 cm³/mol. The largest absolute Gasteiger partial charge is 2.00 e. The third-order valence-corrected chi connectivity index (χ3v) is 0. The van der Waals surface area contributed by atoms with Gasteiger partial charge in [0.05, 0.1) is 0 Å². The van der Waals surface area contributed by atoms with Gasteiger partial charge >= 0.3 is 65.3 Å². The molecule has 0 saturated carbocycles. The van der Waals surface area contributed by atoms with Gasteiger partial charge in [-0.25, -0.2) is 0 Å². The molecule has 0 rings (SSSR count). The van der Waals surface area contributed by atoms with Crippen molar-refractivity contribution in [3.63, 3.8) is 0 Å². The van der Waals surface area contributed by atoms with E-state index in [2.05, 4.69) is 0 Å². The van der Waals surface area contributed by atoms with Gasteiger partial charge in [0.2, 0.25) is 0 Å². The Labute approximate surface area is 118 Å². The summed E-state index contributed by atoms with van der Waals surface area (Å²) in [6, 6.07) is 0. The fraction of sp³-hybridized carbons (Fsp3) is 0. The van der Waals surface area contributed by atoms with Crippen LogP contribution in [0.1, 0.15) is 2.85 Å². The fourth-order valence-electron chi connectivity index (χ4n) is 0. The molecule has 66 valence electrons. The van der Waals surface area contributed by atoms with Crippen molar-refractivity contribution >= 4 is 82.6 Å². The van der Waals surface area contributed by atoms with Crippen LogP contribution in [0.15, 0.2) is 0 Å². The molecule has 0 aliphatic heterocycles. The summed E-state index contributed by atoms with van der Waals surface area (Å²) >= 11 is 0. The molecule has 0 aliphatic rings. The smallest absolute Gasteiger partial charge is 1.00 e. The Morgan fingerprint density at radius 2 is 0.909 bits per heavy atom. The second-order valence-corrected chi connectivity index (χ2v) is 2.15. The molecule has 0 spiro atoms. The van der Waals surface area contributed by atoms with Crippen molar-refractivity contribution in [1.29, 1.82) is 0 Å². The van der Waals surface area contributed by atoms with Crippen molar-refractivity contribution in [2.24, 2.45) is 0 Å². The van der Waals surface area contributed by atoms with Crippen molar-refractivity contribution in [3.8, 4) is 0 Å². The molecule has 0 aromatic carbocycles. The maximum Gasteiger partial charge on any atom is 2.00 e. The summed E-state index contributed by atoms with van der Waals surface area (Å²) in [6.07, 6.45) is 0. The van der Waals surface area contributed by atoms with Gasteiger partial charge in [-0.1, -0.05) is 0 Å². The first kappa shape index (κ1) is 23.2. The minimum atomic E-state index is -4.61. The molecule has 11 heavy (non-hydrogen) atoms. The van der Waals surface area contributed by atoms with Gasteiger partial charge < -0.3 is 37.1 Å². The third kappa shape index (κ3) is 279. The van der Waals surface area contributed by atoms with Crippen LogP contribution >= 0.6 is 0 Å². The summed E-state index contributed by atoms with van der Waals surface area (Å²) in [6.45, 7) is 0. The average Bonchev–Trinajstić information content (AvgIpc) is 1.19. The Kier molecular flexibility index (Phi) is 25.5. The Balaban J connectivity index is -0.0000000146. The summed E-state index contributed by atoms with van der Waals surface area (Å²) < 4.78 is 0. The second-order valence-electron chi connectivity index (χ2n) is 0.946. The minimum absolute atomic E-state index is 0. The second kappa shape index (κ2) is 12.1. The first-order valence-electron chi connectivity index (χ1n) is 1.67. The zero-order valence-electron chi connectivity index (χ0n) is 6.91. The van der Waals surface area contributed by atoms with Crippen LogP contribution < -0.4 is 0 Å². The van der Waals surface area contributed by atoms with Crippen molar-refractivity contribution in [3.05, 3.63) is 0 Å². The van der Waals surface area contributed by atoms with Crippen LogP contribution in [0.2, 0.25) is 0 Å². The first-order chi connectivity index (χ1) is 3.73. The quantitative estimate of drug-likeness (QED) is 0.220. The van der Waals surface area contributed by atoms with Crippen LogP contribution in [0.4, 0.5) is 0 Å². The maximum absolute atomic E-state index is 7.33. The Bertz CT molecular complexity index is 63.2. The van der Waals surface area contributed by atoms with E-state index in [1.54, 1.807) is 0 Å². The molecule has 7 nitrogen and oxygen atoms in total. The van der Waals surface area contributed by atoms with E-state index in [0.717, 1.165) is 0 Å². The Morgan fingerprint density at radius 1 is 0.909 bits per heavy atom. The van der Waals surface area contributed by atoms with Gasteiger partial charge in [-0.2, -0.15) is 0 Å². The normalized spacial score (nSPS) is 7.91. The molecular formula is H12AlBBaO7Si. The van der Waals surface area contributed by atoms with E-state index >= 15 is 0 Å². The van der Waals surface area contributed by atoms with E-state index in [0.29, 0.717) is 0 Å². The molecular weight excluding hydrogens is 315 g/mol. The van der Waals surface area contributed by atoms with Crippen molar-refractivity contribution < 1.29 is 37.1 Å². The van der Waals surface area contributed by atoms with E-state index in [1.807, 2.05) is 0 Å². The molecule has 0 saturated heterocycles. The predicted octanol–water partition coefficient (Wildman–Crippen LogP) is -6.00. The Hall–Kier alpha value is 2.11. The monoisotopic (exact) mass is 328 g/mol. The van der Waals surface area contributed by atoms with Gasteiger partial charge in [-0.15, -0.1) is 0 Å². The van der Waals surface area contributed by atoms with Gasteiger partial charge in [0.15, 0.2) is 17.4 Å². The summed E-state index contributed by atoms with van der Waals surface area (Å²) in [5.74, 6) is 0. The van der Waals surface area contributed by atoms with Gasteiger partial charge in [0.25, 0.3) is 0 Å². The summed E-state index contributed by atoms with van der Waals surface area (Å²) in [5, 5.41) is 21.5. The molecule has 0 fully saturated rings. The molecule has 0 aromatic rings. The zero-order chi connectivity index (χ0) is 8.08. The van der Waals surface area contributed by atoms with E-state index in [4.69, 9.17) is 34.3 Å². The van der Waals surface area contributed by atoms with E-state index in [1.165, 1.54) is 0 Å². The third-order valence-electron chi connectivity index (χ3n) is 0. The molecule has 0 atom stereocenters. The molecule has 0 amide bonds. The zero-order valence-corrected chi connectivity index (χ0v) is 10.4. The molecule has 0 radical (unpaired) electrons. The van der Waals surface area contributed by atoms with E-state index < -0.39 is 16.4 Å². The molecule has 0 aliphatic carbocycles. The average molecular weight is 327 g/mol. The van der Waals surface area contributed by atoms with Crippen molar-refractivity contribution in [1.82, 2.24) is 0 Å². The van der Waals surface area contributed by atoms with Gasteiger partial charge in [0.1, 0.15) is 0 Å². The molecule has 7 N–H and O–H groups in total. The summed E-state index contributed by atoms with van der Waals surface area (Å²) in [4.78, 5) is 29.3. The SMILES string of the molecule is OB(O)O.O[Si](O)(O)O.[AlH3].[Ba+2].[H-].[H-]. The summed E-state index contributed by atoms with van der Waals surface area (Å²) in [7, 11) is -6.78. The molecule has 11 heteroatoms. The summed E-state index contributed by atoms with van der Waals surface area (Å²) in [5.41, 5.74) is 0. The van der Waals surface area contributed by atoms with Crippen LogP contribution in [0, 0.1) is 0 Å².